The van der Waals surface area contributed by atoms with Gasteiger partial charge in [-0.2, -0.15) is 0 Å². The molecule has 1 aromatic carbocycles. The van der Waals surface area contributed by atoms with E-state index in [4.69, 9.17) is 9.47 Å². The smallest absolute Gasteiger partial charge is 0.222 e. The number of hydrogen-bond acceptors (Lipinski definition) is 3. The molecule has 2 heterocycles. The van der Waals surface area contributed by atoms with E-state index in [0.717, 1.165) is 25.0 Å². The quantitative estimate of drug-likeness (QED) is 0.577. The standard InChI is InChI=1S/C22H21F2NO2/c1-2-3-4-5-17-14-26-22(27-15-17)11-7-16-6-10-21(25-13-16)18-8-9-19(23)20(24)12-18/h4-6,8-10,12-13,17,22H,2-3,14-15H2,1H3. The summed E-state index contributed by atoms with van der Waals surface area (Å²) in [6.07, 6.45) is 7.52. The highest BCUT2D eigenvalue weighted by atomic mass is 19.2. The van der Waals surface area contributed by atoms with Crippen LogP contribution in [-0.2, 0) is 9.47 Å². The molecule has 1 aliphatic heterocycles. The molecule has 0 atom stereocenters. The molecule has 1 aliphatic rings. The van der Waals surface area contributed by atoms with Gasteiger partial charge in [0.25, 0.3) is 0 Å². The Bertz CT molecular complexity index is 845. The predicted octanol–water partition coefficient (Wildman–Crippen LogP) is 4.72. The van der Waals surface area contributed by atoms with Crippen LogP contribution in [0, 0.1) is 29.4 Å². The number of unbranched alkanes of at least 4 members (excludes halogenated alkanes) is 1. The van der Waals surface area contributed by atoms with Crippen LogP contribution in [0.25, 0.3) is 11.3 Å². The zero-order valence-electron chi connectivity index (χ0n) is 15.1. The van der Waals surface area contributed by atoms with E-state index in [1.165, 1.54) is 6.07 Å². The first-order chi connectivity index (χ1) is 13.2. The second-order valence-corrected chi connectivity index (χ2v) is 6.31. The third-order valence-corrected chi connectivity index (χ3v) is 4.10. The first kappa shape index (κ1) is 19.2. The fraction of sp³-hybridized carbons (Fsp3) is 0.318. The molecule has 1 saturated heterocycles. The van der Waals surface area contributed by atoms with Gasteiger partial charge in [-0.25, -0.2) is 8.78 Å². The Morgan fingerprint density at radius 2 is 1.96 bits per heavy atom. The third kappa shape index (κ3) is 5.46. The maximum absolute atomic E-state index is 13.3. The van der Waals surface area contributed by atoms with Crippen molar-refractivity contribution in [2.75, 3.05) is 13.2 Å². The first-order valence-corrected chi connectivity index (χ1v) is 8.98. The van der Waals surface area contributed by atoms with Crippen LogP contribution < -0.4 is 0 Å². The van der Waals surface area contributed by atoms with Crippen molar-refractivity contribution < 1.29 is 18.3 Å². The molecule has 2 aromatic rings. The minimum atomic E-state index is -0.896. The number of halogens is 2. The summed E-state index contributed by atoms with van der Waals surface area (Å²) in [6.45, 7) is 3.32. The molecule has 0 radical (unpaired) electrons. The maximum Gasteiger partial charge on any atom is 0.222 e. The number of pyridine rings is 1. The van der Waals surface area contributed by atoms with Gasteiger partial charge in [0.15, 0.2) is 11.6 Å². The molecule has 3 nitrogen and oxygen atoms in total. The van der Waals surface area contributed by atoms with Crippen LogP contribution in [0.4, 0.5) is 8.78 Å². The number of rotatable bonds is 4. The number of hydrogen-bond donors (Lipinski definition) is 0. The molecule has 140 valence electrons. The lowest BCUT2D eigenvalue weighted by atomic mass is 10.1. The molecule has 27 heavy (non-hydrogen) atoms. The summed E-state index contributed by atoms with van der Waals surface area (Å²) in [5.41, 5.74) is 1.75. The molecule has 0 amide bonds. The van der Waals surface area contributed by atoms with Gasteiger partial charge in [-0.1, -0.05) is 31.4 Å². The second-order valence-electron chi connectivity index (χ2n) is 6.31. The van der Waals surface area contributed by atoms with Crippen molar-refractivity contribution in [2.24, 2.45) is 5.92 Å². The van der Waals surface area contributed by atoms with Crippen molar-refractivity contribution in [1.29, 1.82) is 0 Å². The van der Waals surface area contributed by atoms with E-state index in [-0.39, 0.29) is 5.92 Å². The van der Waals surface area contributed by atoms with E-state index < -0.39 is 17.9 Å². The topological polar surface area (TPSA) is 31.4 Å². The van der Waals surface area contributed by atoms with Crippen LogP contribution in [0.5, 0.6) is 0 Å². The Kier molecular flexibility index (Phi) is 6.69. The normalized spacial score (nSPS) is 19.7. The van der Waals surface area contributed by atoms with Gasteiger partial charge in [-0.3, -0.25) is 4.98 Å². The van der Waals surface area contributed by atoms with Gasteiger partial charge >= 0.3 is 0 Å². The van der Waals surface area contributed by atoms with Crippen LogP contribution >= 0.6 is 0 Å². The summed E-state index contributed by atoms with van der Waals surface area (Å²) < 4.78 is 37.6. The Balaban J connectivity index is 1.57. The van der Waals surface area contributed by atoms with Gasteiger partial charge in [0, 0.05) is 23.2 Å². The number of aromatic nitrogens is 1. The number of nitrogens with zero attached hydrogens (tertiary/aromatic N) is 1. The van der Waals surface area contributed by atoms with Crippen molar-refractivity contribution >= 4 is 0 Å². The van der Waals surface area contributed by atoms with Gasteiger partial charge in [0.05, 0.1) is 18.9 Å². The summed E-state index contributed by atoms with van der Waals surface area (Å²) in [4.78, 5) is 4.25. The van der Waals surface area contributed by atoms with Crippen molar-refractivity contribution in [3.05, 3.63) is 65.9 Å². The lowest BCUT2D eigenvalue weighted by Gasteiger charge is -2.24. The SMILES string of the molecule is CCCC=CC1COC(C#Cc2ccc(-c3ccc(F)c(F)c3)nc2)OC1. The third-order valence-electron chi connectivity index (χ3n) is 4.10. The van der Waals surface area contributed by atoms with Gasteiger partial charge < -0.3 is 9.47 Å². The lowest BCUT2D eigenvalue weighted by Crippen LogP contribution is -2.30. The molecular formula is C22H21F2NO2. The van der Waals surface area contributed by atoms with Crippen LogP contribution in [0.15, 0.2) is 48.7 Å². The predicted molar refractivity (Wildman–Crippen MR) is 99.7 cm³/mol. The summed E-state index contributed by atoms with van der Waals surface area (Å²) in [7, 11) is 0. The van der Waals surface area contributed by atoms with Crippen molar-refractivity contribution in [3.8, 4) is 23.1 Å². The van der Waals surface area contributed by atoms with E-state index in [1.54, 1.807) is 18.3 Å². The number of ether oxygens (including phenoxy) is 2. The number of benzene rings is 1. The molecule has 0 aliphatic carbocycles. The van der Waals surface area contributed by atoms with Crippen molar-refractivity contribution in [3.63, 3.8) is 0 Å². The minimum absolute atomic E-state index is 0.270. The summed E-state index contributed by atoms with van der Waals surface area (Å²) >= 11 is 0. The minimum Gasteiger partial charge on any atom is -0.341 e. The van der Waals surface area contributed by atoms with Crippen LogP contribution in [0.3, 0.4) is 0 Å². The van der Waals surface area contributed by atoms with E-state index in [0.29, 0.717) is 30.0 Å². The Hall–Kier alpha value is -2.55. The van der Waals surface area contributed by atoms with Gasteiger partial charge in [0.1, 0.15) is 0 Å². The van der Waals surface area contributed by atoms with E-state index in [1.807, 2.05) is 0 Å². The second kappa shape index (κ2) is 9.40. The molecule has 1 fully saturated rings. The summed E-state index contributed by atoms with van der Waals surface area (Å²) in [6, 6.07) is 7.19. The zero-order chi connectivity index (χ0) is 19.1. The van der Waals surface area contributed by atoms with Gasteiger partial charge in [-0.05, 0) is 42.7 Å². The van der Waals surface area contributed by atoms with Crippen LogP contribution in [0.2, 0.25) is 0 Å². The largest absolute Gasteiger partial charge is 0.341 e. The number of allylic oxidation sites excluding steroid dienone is 1. The highest BCUT2D eigenvalue weighted by molar-refractivity contribution is 5.59. The highest BCUT2D eigenvalue weighted by Crippen LogP contribution is 2.19. The van der Waals surface area contributed by atoms with E-state index >= 15 is 0 Å². The Morgan fingerprint density at radius 3 is 2.63 bits per heavy atom. The first-order valence-electron chi connectivity index (χ1n) is 8.98. The molecule has 5 heteroatoms. The van der Waals surface area contributed by atoms with Crippen LogP contribution in [0.1, 0.15) is 25.3 Å². The van der Waals surface area contributed by atoms with Crippen LogP contribution in [-0.4, -0.2) is 24.5 Å². The molecule has 0 spiro atoms. The van der Waals surface area contributed by atoms with E-state index in [2.05, 4.69) is 35.9 Å². The monoisotopic (exact) mass is 369 g/mol. The van der Waals surface area contributed by atoms with Crippen molar-refractivity contribution in [2.45, 2.75) is 26.1 Å². The van der Waals surface area contributed by atoms with E-state index in [9.17, 15) is 8.78 Å². The lowest BCUT2D eigenvalue weighted by molar-refractivity contribution is -0.160. The molecular weight excluding hydrogens is 348 g/mol. The average molecular weight is 369 g/mol. The Labute approximate surface area is 158 Å². The highest BCUT2D eigenvalue weighted by Gasteiger charge is 2.18. The summed E-state index contributed by atoms with van der Waals surface area (Å²) in [5.74, 6) is 4.40. The fourth-order valence-electron chi connectivity index (χ4n) is 2.60. The molecule has 0 N–H and O–H groups in total. The molecule has 0 saturated carbocycles. The molecule has 0 unspecified atom stereocenters. The summed E-state index contributed by atoms with van der Waals surface area (Å²) in [5, 5.41) is 0. The zero-order valence-corrected chi connectivity index (χ0v) is 15.1. The molecule has 0 bridgehead atoms. The van der Waals surface area contributed by atoms with Crippen molar-refractivity contribution in [1.82, 2.24) is 4.98 Å². The fourth-order valence-corrected chi connectivity index (χ4v) is 2.60. The van der Waals surface area contributed by atoms with Gasteiger partial charge in [0.2, 0.25) is 6.29 Å². The maximum atomic E-state index is 13.3. The molecule has 1 aromatic heterocycles. The average Bonchev–Trinajstić information content (AvgIpc) is 2.70. The van der Waals surface area contributed by atoms with Gasteiger partial charge in [-0.15, -0.1) is 0 Å². The Morgan fingerprint density at radius 1 is 1.15 bits per heavy atom. The molecule has 3 rings (SSSR count).